The maximum atomic E-state index is 2.51. The fourth-order valence-electron chi connectivity index (χ4n) is 7.64. The maximum absolute atomic E-state index is 2.51. The SMILES string of the molecule is CC1=C[CH-]C(C)(C)c2cc3c(cc21)-c1cc2c(cc1C3)C(C)(C)CC=C2C.Cc1c[cH-]c(C)c1.[Cl-].[Cl-].[Zr+2]=[C](Cc1ccccc1)Cc1ccccc1. The van der Waals surface area contributed by atoms with Crippen LogP contribution in [0, 0.1) is 20.3 Å². The molecule has 0 heterocycles. The Morgan fingerprint density at radius 2 is 1.17 bits per heavy atom. The van der Waals surface area contributed by atoms with Crippen LogP contribution in [0.5, 0.6) is 0 Å². The molecule has 0 atom stereocenters. The molecule has 0 bridgehead atoms. The summed E-state index contributed by atoms with van der Waals surface area (Å²) in [5, 5.41) is 0. The summed E-state index contributed by atoms with van der Waals surface area (Å²) in [6, 6.07) is 37.8. The van der Waals surface area contributed by atoms with E-state index in [2.05, 4.69) is 177 Å². The van der Waals surface area contributed by atoms with Crippen molar-refractivity contribution in [3.63, 3.8) is 0 Å². The molecule has 0 N–H and O–H groups in total. The summed E-state index contributed by atoms with van der Waals surface area (Å²) in [5.41, 5.74) is 20.5. The predicted octanol–water partition coefficient (Wildman–Crippen LogP) is 6.46. The van der Waals surface area contributed by atoms with Gasteiger partial charge in [0.1, 0.15) is 0 Å². The summed E-state index contributed by atoms with van der Waals surface area (Å²) in [4.78, 5) is 0. The zero-order valence-corrected chi connectivity index (χ0v) is 36.1. The van der Waals surface area contributed by atoms with E-state index in [1.807, 2.05) is 0 Å². The number of halogens is 2. The van der Waals surface area contributed by atoms with Gasteiger partial charge in [-0.25, -0.2) is 24.1 Å². The van der Waals surface area contributed by atoms with E-state index in [1.54, 1.807) is 27.4 Å². The van der Waals surface area contributed by atoms with Gasteiger partial charge in [0.15, 0.2) is 0 Å². The molecule has 0 saturated carbocycles. The zero-order valence-electron chi connectivity index (χ0n) is 32.1. The molecule has 268 valence electrons. The van der Waals surface area contributed by atoms with E-state index in [0.29, 0.717) is 0 Å². The Balaban J connectivity index is 0.000000205. The topological polar surface area (TPSA) is 0 Å². The molecule has 5 aromatic rings. The van der Waals surface area contributed by atoms with Crippen LogP contribution >= 0.6 is 0 Å². The molecule has 3 aliphatic rings. The molecule has 0 aliphatic heterocycles. The molecule has 0 fully saturated rings. The van der Waals surface area contributed by atoms with Crippen LogP contribution in [-0.2, 0) is 54.3 Å². The van der Waals surface area contributed by atoms with Gasteiger partial charge in [0, 0.05) is 0 Å². The van der Waals surface area contributed by atoms with Gasteiger partial charge in [0.2, 0.25) is 0 Å². The molecule has 3 aliphatic carbocycles. The van der Waals surface area contributed by atoms with Crippen molar-refractivity contribution in [1.29, 1.82) is 0 Å². The van der Waals surface area contributed by atoms with Crippen molar-refractivity contribution in [2.75, 3.05) is 0 Å². The average Bonchev–Trinajstić information content (AvgIpc) is 3.65. The van der Waals surface area contributed by atoms with Gasteiger partial charge < -0.3 is 24.8 Å². The van der Waals surface area contributed by atoms with Crippen molar-refractivity contribution in [2.24, 2.45) is 0 Å². The number of fused-ring (bicyclic) bond motifs is 5. The van der Waals surface area contributed by atoms with Gasteiger partial charge in [-0.3, -0.25) is 0 Å². The van der Waals surface area contributed by atoms with Crippen LogP contribution in [0.15, 0.2) is 115 Å². The molecule has 0 spiro atoms. The molecular weight excluding hydrogens is 751 g/mol. The number of rotatable bonds is 4. The molecule has 0 radical (unpaired) electrons. The third-order valence-corrected chi connectivity index (χ3v) is 11.6. The molecule has 52 heavy (non-hydrogen) atoms. The number of hydrogen-bond acceptors (Lipinski definition) is 0. The van der Waals surface area contributed by atoms with E-state index in [1.165, 1.54) is 77.9 Å². The molecule has 0 unspecified atom stereocenters. The van der Waals surface area contributed by atoms with Crippen LogP contribution in [0.3, 0.4) is 0 Å². The first-order chi connectivity index (χ1) is 23.8. The summed E-state index contributed by atoms with van der Waals surface area (Å²) < 4.78 is 1.60. The second-order valence-corrected chi connectivity index (χ2v) is 17.6. The van der Waals surface area contributed by atoms with Crippen LogP contribution in [0.1, 0.15) is 104 Å². The molecule has 5 aromatic carbocycles. The standard InChI is InChI=1S/C27H29.C15H14.C7H9.2ClH.Zr/c1-16-7-9-26(3,4)24-12-18-11-19-13-25-21(17(2)8-10-27(25,5)6)15-23(19)22(18)14-20(16)24;1-3-8-14(9-4-1)12-7-13-15-10-5-2-6-11-15;1-6-3-4-7(2)5-6;;;/h7-9,12-15H,10-11H2,1-6H3;1-6,8-11H,12-13H2;3-5H,1-2H3;2*1H;/q-1;;-1;;;+2/p-2. The molecule has 0 amide bonds. The summed E-state index contributed by atoms with van der Waals surface area (Å²) in [7, 11) is 0. The zero-order chi connectivity index (χ0) is 35.6. The third kappa shape index (κ3) is 9.52. The quantitative estimate of drug-likeness (QED) is 0.180. The first-order valence-corrected chi connectivity index (χ1v) is 19.4. The summed E-state index contributed by atoms with van der Waals surface area (Å²) in [6.07, 6.45) is 11.5. The van der Waals surface area contributed by atoms with Crippen LogP contribution in [-0.4, -0.2) is 3.21 Å². The van der Waals surface area contributed by atoms with Crippen molar-refractivity contribution in [3.05, 3.63) is 177 Å². The van der Waals surface area contributed by atoms with Gasteiger partial charge in [-0.2, -0.15) is 23.3 Å². The Hall–Kier alpha value is -3.09. The van der Waals surface area contributed by atoms with Gasteiger partial charge >= 0.3 is 112 Å². The van der Waals surface area contributed by atoms with Gasteiger partial charge in [0.25, 0.3) is 0 Å². The Bertz CT molecular complexity index is 1930. The van der Waals surface area contributed by atoms with Crippen molar-refractivity contribution in [2.45, 2.75) is 91.9 Å². The van der Waals surface area contributed by atoms with Gasteiger partial charge in [-0.15, -0.1) is 12.5 Å². The molecular formula is C49H52Cl2Zr-2. The van der Waals surface area contributed by atoms with Crippen LogP contribution in [0.4, 0.5) is 0 Å². The first-order valence-electron chi connectivity index (χ1n) is 18.2. The summed E-state index contributed by atoms with van der Waals surface area (Å²) in [5.74, 6) is 0. The number of hydrogen-bond donors (Lipinski definition) is 0. The normalized spacial score (nSPS) is 15.0. The van der Waals surface area contributed by atoms with E-state index in [0.717, 1.165) is 25.7 Å². The minimum atomic E-state index is 0. The molecule has 0 nitrogen and oxygen atoms in total. The second kappa shape index (κ2) is 17.4. The monoisotopic (exact) mass is 800 g/mol. The first kappa shape index (κ1) is 41.7. The van der Waals surface area contributed by atoms with Crippen LogP contribution in [0.25, 0.3) is 22.3 Å². The van der Waals surface area contributed by atoms with Gasteiger partial charge in [-0.05, 0) is 70.2 Å². The van der Waals surface area contributed by atoms with Gasteiger partial charge in [-0.1, -0.05) is 76.8 Å². The van der Waals surface area contributed by atoms with Crippen molar-refractivity contribution in [3.8, 4) is 11.1 Å². The molecule has 0 saturated heterocycles. The van der Waals surface area contributed by atoms with E-state index in [9.17, 15) is 0 Å². The molecule has 8 rings (SSSR count). The number of benzene rings is 4. The third-order valence-electron chi connectivity index (χ3n) is 10.7. The van der Waals surface area contributed by atoms with Crippen molar-refractivity contribution < 1.29 is 49.0 Å². The van der Waals surface area contributed by atoms with E-state index >= 15 is 0 Å². The fraction of sp³-hybridized carbons (Fsp3) is 0.286. The second-order valence-electron chi connectivity index (χ2n) is 15.9. The van der Waals surface area contributed by atoms with E-state index in [-0.39, 0.29) is 35.6 Å². The van der Waals surface area contributed by atoms with E-state index in [4.69, 9.17) is 0 Å². The molecule has 0 aromatic heterocycles. The Labute approximate surface area is 341 Å². The van der Waals surface area contributed by atoms with Gasteiger partial charge in [0.05, 0.1) is 0 Å². The Morgan fingerprint density at radius 3 is 1.65 bits per heavy atom. The fourth-order valence-corrected chi connectivity index (χ4v) is 8.64. The summed E-state index contributed by atoms with van der Waals surface area (Å²) in [6.45, 7) is 18.2. The molecule has 3 heteroatoms. The van der Waals surface area contributed by atoms with Crippen molar-refractivity contribution in [1.82, 2.24) is 0 Å². The summed E-state index contributed by atoms with van der Waals surface area (Å²) >= 11 is 1.55. The predicted molar refractivity (Wildman–Crippen MR) is 214 cm³/mol. The average molecular weight is 803 g/mol. The number of aryl methyl sites for hydroxylation is 2. The van der Waals surface area contributed by atoms with E-state index < -0.39 is 0 Å². The Kier molecular flexibility index (Phi) is 13.9. The van der Waals surface area contributed by atoms with Crippen molar-refractivity contribution >= 4 is 14.4 Å². The van der Waals surface area contributed by atoms with Crippen LogP contribution in [0.2, 0.25) is 0 Å². The number of allylic oxidation sites excluding steroid dienone is 4. The Morgan fingerprint density at radius 1 is 0.654 bits per heavy atom. The van der Waals surface area contributed by atoms with Crippen LogP contribution < -0.4 is 24.8 Å². The minimum absolute atomic E-state index is 0.